The number of benzene rings is 2. The summed E-state index contributed by atoms with van der Waals surface area (Å²) in [5, 5.41) is 30.8. The summed E-state index contributed by atoms with van der Waals surface area (Å²) in [6.07, 6.45) is 0. The number of aromatic nitrogens is 2. The predicted octanol–water partition coefficient (Wildman–Crippen LogP) is 2.97. The van der Waals surface area contributed by atoms with Gasteiger partial charge in [0.1, 0.15) is 17.4 Å². The number of hydrogen-bond acceptors (Lipinski definition) is 5. The smallest absolute Gasteiger partial charge is 0.273 e. The standard InChI is InChI=1S/C19H12N4O4/c1-21-16-9-14(24)6-7-15(16)18-17(21)8-11(10-20)19(25)22(18)12-2-4-13(5-3-12)23(26)27/h2-9,24H,1H3. The molecule has 8 heteroatoms. The lowest BCUT2D eigenvalue weighted by Crippen LogP contribution is -2.21. The van der Waals surface area contributed by atoms with Crippen LogP contribution in [-0.4, -0.2) is 19.2 Å². The predicted molar refractivity (Wildman–Crippen MR) is 99.1 cm³/mol. The van der Waals surface area contributed by atoms with Crippen molar-refractivity contribution in [2.75, 3.05) is 0 Å². The summed E-state index contributed by atoms with van der Waals surface area (Å²) >= 11 is 0. The van der Waals surface area contributed by atoms with Crippen molar-refractivity contribution in [2.24, 2.45) is 7.05 Å². The van der Waals surface area contributed by atoms with Gasteiger partial charge in [-0.05, 0) is 30.3 Å². The Morgan fingerprint density at radius 1 is 1.11 bits per heavy atom. The molecule has 0 aliphatic heterocycles. The van der Waals surface area contributed by atoms with Crippen LogP contribution in [0.15, 0.2) is 53.3 Å². The monoisotopic (exact) mass is 360 g/mol. The molecule has 4 rings (SSSR count). The fourth-order valence-electron chi connectivity index (χ4n) is 3.29. The molecule has 0 saturated heterocycles. The SMILES string of the molecule is Cn1c2cc(O)ccc2c2c1cc(C#N)c(=O)n2-c1ccc([N+](=O)[O-])cc1. The molecule has 1 N–H and O–H groups in total. The number of fused-ring (bicyclic) bond motifs is 3. The average Bonchev–Trinajstić information content (AvgIpc) is 2.93. The summed E-state index contributed by atoms with van der Waals surface area (Å²) in [7, 11) is 1.77. The zero-order valence-electron chi connectivity index (χ0n) is 14.1. The van der Waals surface area contributed by atoms with E-state index in [2.05, 4.69) is 0 Å². The van der Waals surface area contributed by atoms with Gasteiger partial charge in [0.15, 0.2) is 0 Å². The van der Waals surface area contributed by atoms with Gasteiger partial charge in [0.25, 0.3) is 11.2 Å². The Labute approximate surface area is 151 Å². The van der Waals surface area contributed by atoms with Crippen molar-refractivity contribution >= 4 is 27.6 Å². The molecule has 0 atom stereocenters. The number of aromatic hydroxyl groups is 1. The molecule has 0 aliphatic carbocycles. The molecule has 8 nitrogen and oxygen atoms in total. The van der Waals surface area contributed by atoms with E-state index in [0.717, 1.165) is 0 Å². The number of aryl methyl sites for hydroxylation is 1. The zero-order valence-corrected chi connectivity index (χ0v) is 14.1. The second kappa shape index (κ2) is 5.71. The highest BCUT2D eigenvalue weighted by atomic mass is 16.6. The lowest BCUT2D eigenvalue weighted by molar-refractivity contribution is -0.384. The Kier molecular flexibility index (Phi) is 3.46. The molecule has 0 amide bonds. The summed E-state index contributed by atoms with van der Waals surface area (Å²) in [5.74, 6) is 0.0816. The van der Waals surface area contributed by atoms with Gasteiger partial charge >= 0.3 is 0 Å². The first-order valence-electron chi connectivity index (χ1n) is 7.94. The fourth-order valence-corrected chi connectivity index (χ4v) is 3.29. The van der Waals surface area contributed by atoms with E-state index >= 15 is 0 Å². The van der Waals surface area contributed by atoms with E-state index in [1.807, 2.05) is 6.07 Å². The quantitative estimate of drug-likeness (QED) is 0.436. The molecular formula is C19H12N4O4. The largest absolute Gasteiger partial charge is 0.508 e. The van der Waals surface area contributed by atoms with Crippen LogP contribution in [0.2, 0.25) is 0 Å². The molecular weight excluding hydrogens is 348 g/mol. The molecule has 132 valence electrons. The molecule has 4 aromatic rings. The lowest BCUT2D eigenvalue weighted by atomic mass is 10.1. The number of nitrogens with zero attached hydrogens (tertiary/aromatic N) is 4. The third-order valence-electron chi connectivity index (χ3n) is 4.58. The minimum atomic E-state index is -0.519. The van der Waals surface area contributed by atoms with Gasteiger partial charge in [-0.15, -0.1) is 0 Å². The average molecular weight is 360 g/mol. The van der Waals surface area contributed by atoms with Gasteiger partial charge in [-0.25, -0.2) is 0 Å². The molecule has 0 fully saturated rings. The third-order valence-corrected chi connectivity index (χ3v) is 4.58. The fraction of sp³-hybridized carbons (Fsp3) is 0.0526. The summed E-state index contributed by atoms with van der Waals surface area (Å²) in [6, 6.07) is 13.8. The Morgan fingerprint density at radius 2 is 1.81 bits per heavy atom. The van der Waals surface area contributed by atoms with E-state index in [-0.39, 0.29) is 17.0 Å². The molecule has 0 bridgehead atoms. The van der Waals surface area contributed by atoms with Crippen molar-refractivity contribution in [2.45, 2.75) is 0 Å². The van der Waals surface area contributed by atoms with Crippen LogP contribution < -0.4 is 5.56 Å². The van der Waals surface area contributed by atoms with Crippen molar-refractivity contribution in [3.63, 3.8) is 0 Å². The highest BCUT2D eigenvalue weighted by Crippen LogP contribution is 2.31. The summed E-state index contributed by atoms with van der Waals surface area (Å²) in [4.78, 5) is 23.3. The van der Waals surface area contributed by atoms with E-state index in [4.69, 9.17) is 0 Å². The molecule has 2 aromatic carbocycles. The van der Waals surface area contributed by atoms with E-state index in [1.54, 1.807) is 23.7 Å². The number of pyridine rings is 1. The van der Waals surface area contributed by atoms with Crippen LogP contribution >= 0.6 is 0 Å². The maximum absolute atomic E-state index is 12.9. The first-order chi connectivity index (χ1) is 12.9. The van der Waals surface area contributed by atoms with Gasteiger partial charge in [0, 0.05) is 36.3 Å². The van der Waals surface area contributed by atoms with E-state index in [0.29, 0.717) is 27.6 Å². The maximum atomic E-state index is 12.9. The number of nitriles is 1. The van der Waals surface area contributed by atoms with Gasteiger partial charge < -0.3 is 9.67 Å². The molecule has 0 saturated carbocycles. The van der Waals surface area contributed by atoms with Crippen LogP contribution in [0.25, 0.3) is 27.6 Å². The van der Waals surface area contributed by atoms with Crippen LogP contribution in [0.1, 0.15) is 5.56 Å². The van der Waals surface area contributed by atoms with Gasteiger partial charge in [-0.2, -0.15) is 5.26 Å². The normalized spacial score (nSPS) is 11.0. The first-order valence-corrected chi connectivity index (χ1v) is 7.94. The molecule has 2 heterocycles. The minimum absolute atomic E-state index is 0.0454. The van der Waals surface area contributed by atoms with Crippen LogP contribution in [0.3, 0.4) is 0 Å². The van der Waals surface area contributed by atoms with Crippen LogP contribution in [0.4, 0.5) is 5.69 Å². The number of nitro benzene ring substituents is 1. The first kappa shape index (κ1) is 16.4. The van der Waals surface area contributed by atoms with Crippen molar-refractivity contribution in [1.29, 1.82) is 5.26 Å². The topological polar surface area (TPSA) is 114 Å². The number of non-ortho nitro benzene ring substituents is 1. The molecule has 0 aliphatic rings. The van der Waals surface area contributed by atoms with Crippen LogP contribution in [0, 0.1) is 21.4 Å². The second-order valence-corrected chi connectivity index (χ2v) is 6.08. The van der Waals surface area contributed by atoms with Crippen molar-refractivity contribution < 1.29 is 10.0 Å². The maximum Gasteiger partial charge on any atom is 0.273 e. The lowest BCUT2D eigenvalue weighted by Gasteiger charge is -2.09. The third kappa shape index (κ3) is 2.33. The number of nitro groups is 1. The molecule has 0 radical (unpaired) electrons. The molecule has 0 spiro atoms. The van der Waals surface area contributed by atoms with Gasteiger partial charge in [0.2, 0.25) is 0 Å². The highest BCUT2D eigenvalue weighted by molar-refractivity contribution is 6.07. The Hall–Kier alpha value is -4.12. The number of rotatable bonds is 2. The van der Waals surface area contributed by atoms with Crippen molar-refractivity contribution in [3.05, 3.63) is 74.6 Å². The van der Waals surface area contributed by atoms with Gasteiger partial charge in [0.05, 0.1) is 21.5 Å². The van der Waals surface area contributed by atoms with E-state index < -0.39 is 10.5 Å². The summed E-state index contributed by atoms with van der Waals surface area (Å²) < 4.78 is 3.16. The van der Waals surface area contributed by atoms with Gasteiger partial charge in [-0.1, -0.05) is 0 Å². The molecule has 27 heavy (non-hydrogen) atoms. The van der Waals surface area contributed by atoms with Crippen LogP contribution in [-0.2, 0) is 7.05 Å². The van der Waals surface area contributed by atoms with Crippen molar-refractivity contribution in [1.82, 2.24) is 9.13 Å². The minimum Gasteiger partial charge on any atom is -0.508 e. The highest BCUT2D eigenvalue weighted by Gasteiger charge is 2.18. The second-order valence-electron chi connectivity index (χ2n) is 6.08. The summed E-state index contributed by atoms with van der Waals surface area (Å²) in [5.41, 5.74) is 1.64. The Balaban J connectivity index is 2.18. The number of hydrogen-bond donors (Lipinski definition) is 1. The number of phenols is 1. The van der Waals surface area contributed by atoms with E-state index in [9.17, 15) is 25.3 Å². The Bertz CT molecular complexity index is 1340. The zero-order chi connectivity index (χ0) is 19.3. The Morgan fingerprint density at radius 3 is 2.44 bits per heavy atom. The van der Waals surface area contributed by atoms with E-state index in [1.165, 1.54) is 41.0 Å². The van der Waals surface area contributed by atoms with Gasteiger partial charge in [-0.3, -0.25) is 19.5 Å². The van der Waals surface area contributed by atoms with Crippen molar-refractivity contribution in [3.8, 4) is 17.5 Å². The molecule has 2 aromatic heterocycles. The number of phenolic OH excluding ortho intramolecular Hbond substituents is 1. The summed E-state index contributed by atoms with van der Waals surface area (Å²) in [6.45, 7) is 0. The molecule has 0 unspecified atom stereocenters. The van der Waals surface area contributed by atoms with Crippen LogP contribution in [0.5, 0.6) is 5.75 Å².